The molecule has 1 aliphatic rings. The molecule has 0 saturated carbocycles. The highest BCUT2D eigenvalue weighted by Crippen LogP contribution is 2.29. The van der Waals surface area contributed by atoms with Gasteiger partial charge in [-0.05, 0) is 82.9 Å². The first kappa shape index (κ1) is 27.1. The lowest BCUT2D eigenvalue weighted by molar-refractivity contribution is -0.129. The fourth-order valence-electron chi connectivity index (χ4n) is 4.18. The van der Waals surface area contributed by atoms with Crippen LogP contribution < -0.4 is 15.5 Å². The van der Waals surface area contributed by atoms with Gasteiger partial charge in [0.1, 0.15) is 29.3 Å². The van der Waals surface area contributed by atoms with Gasteiger partial charge >= 0.3 is 6.09 Å². The van der Waals surface area contributed by atoms with Crippen LogP contribution in [0.1, 0.15) is 52.2 Å². The van der Waals surface area contributed by atoms with Crippen LogP contribution >= 0.6 is 0 Å². The number of hydrogen-bond donors (Lipinski definition) is 2. The van der Waals surface area contributed by atoms with Gasteiger partial charge in [-0.2, -0.15) is 0 Å². The predicted molar refractivity (Wildman–Crippen MR) is 133 cm³/mol. The van der Waals surface area contributed by atoms with Gasteiger partial charge in [-0.3, -0.25) is 9.59 Å². The van der Waals surface area contributed by atoms with E-state index in [0.29, 0.717) is 17.7 Å². The molecule has 194 valence electrons. The van der Waals surface area contributed by atoms with E-state index in [0.717, 1.165) is 0 Å². The van der Waals surface area contributed by atoms with E-state index in [1.807, 2.05) is 13.8 Å². The molecule has 2 N–H and O–H groups in total. The van der Waals surface area contributed by atoms with E-state index in [2.05, 4.69) is 10.6 Å². The van der Waals surface area contributed by atoms with Gasteiger partial charge in [0.25, 0.3) is 0 Å². The number of carbonyl (C=O) groups is 3. The second-order valence-electron chi connectivity index (χ2n) is 10.2. The van der Waals surface area contributed by atoms with Crippen molar-refractivity contribution < 1.29 is 27.9 Å². The van der Waals surface area contributed by atoms with Gasteiger partial charge in [-0.1, -0.05) is 18.2 Å². The van der Waals surface area contributed by atoms with Crippen LogP contribution in [0.25, 0.3) is 0 Å². The zero-order valence-electron chi connectivity index (χ0n) is 21.2. The third-order valence-electron chi connectivity index (χ3n) is 5.76. The lowest BCUT2D eigenvalue weighted by Crippen LogP contribution is -2.56. The number of ether oxygens (including phenoxy) is 1. The minimum absolute atomic E-state index is 0.141. The fourth-order valence-corrected chi connectivity index (χ4v) is 4.18. The molecule has 1 heterocycles. The summed E-state index contributed by atoms with van der Waals surface area (Å²) >= 11 is 0. The third-order valence-corrected chi connectivity index (χ3v) is 5.76. The predicted octanol–water partition coefficient (Wildman–Crippen LogP) is 4.27. The SMILES string of the molecule is CC(C)N1C(=O)[C@@H](NC(=O)[C@@H](Cc2ccccc2F)NC(=O)OC(C)(C)C)CCc2cc(F)ccc21. The van der Waals surface area contributed by atoms with E-state index in [9.17, 15) is 23.2 Å². The molecule has 0 unspecified atom stereocenters. The highest BCUT2D eigenvalue weighted by molar-refractivity contribution is 6.01. The molecule has 3 amide bonds. The van der Waals surface area contributed by atoms with E-state index in [1.54, 1.807) is 37.8 Å². The smallest absolute Gasteiger partial charge is 0.408 e. The molecule has 2 aromatic rings. The number of benzene rings is 2. The number of anilines is 1. The Hall–Kier alpha value is -3.49. The molecule has 0 aliphatic carbocycles. The van der Waals surface area contributed by atoms with Crippen LogP contribution in [0.3, 0.4) is 0 Å². The van der Waals surface area contributed by atoms with Crippen molar-refractivity contribution in [2.24, 2.45) is 0 Å². The van der Waals surface area contributed by atoms with Crippen LogP contribution in [0.5, 0.6) is 0 Å². The summed E-state index contributed by atoms with van der Waals surface area (Å²) < 4.78 is 33.5. The summed E-state index contributed by atoms with van der Waals surface area (Å²) in [6.45, 7) is 8.72. The number of carbonyl (C=O) groups excluding carboxylic acids is 3. The molecular weight excluding hydrogens is 468 g/mol. The van der Waals surface area contributed by atoms with Gasteiger partial charge < -0.3 is 20.3 Å². The molecule has 0 fully saturated rings. The summed E-state index contributed by atoms with van der Waals surface area (Å²) in [5.74, 6) is -1.91. The maximum Gasteiger partial charge on any atom is 0.408 e. The lowest BCUT2D eigenvalue weighted by atomic mass is 10.0. The highest BCUT2D eigenvalue weighted by atomic mass is 19.1. The molecule has 0 bridgehead atoms. The Bertz CT molecular complexity index is 1130. The van der Waals surface area contributed by atoms with E-state index >= 15 is 0 Å². The van der Waals surface area contributed by atoms with Crippen molar-refractivity contribution in [1.29, 1.82) is 0 Å². The number of nitrogens with zero attached hydrogens (tertiary/aromatic N) is 1. The van der Waals surface area contributed by atoms with Gasteiger partial charge in [-0.15, -0.1) is 0 Å². The Morgan fingerprint density at radius 1 is 1.14 bits per heavy atom. The molecule has 0 spiro atoms. The van der Waals surface area contributed by atoms with Gasteiger partial charge in [0, 0.05) is 18.2 Å². The van der Waals surface area contributed by atoms with E-state index < -0.39 is 41.3 Å². The van der Waals surface area contributed by atoms with Crippen molar-refractivity contribution >= 4 is 23.6 Å². The number of nitrogens with one attached hydrogen (secondary N) is 2. The van der Waals surface area contributed by atoms with Crippen LogP contribution in [0.2, 0.25) is 0 Å². The molecule has 9 heteroatoms. The molecule has 2 atom stereocenters. The summed E-state index contributed by atoms with van der Waals surface area (Å²) in [7, 11) is 0. The van der Waals surface area contributed by atoms with Gasteiger partial charge in [0.15, 0.2) is 0 Å². The zero-order chi connectivity index (χ0) is 26.6. The minimum atomic E-state index is -1.19. The fraction of sp³-hybridized carbons (Fsp3) is 0.444. The second-order valence-corrected chi connectivity index (χ2v) is 10.2. The molecule has 1 aliphatic heterocycles. The van der Waals surface area contributed by atoms with Crippen molar-refractivity contribution in [2.75, 3.05) is 4.90 Å². The molecule has 0 radical (unpaired) electrons. The monoisotopic (exact) mass is 501 g/mol. The van der Waals surface area contributed by atoms with E-state index in [1.165, 1.54) is 30.3 Å². The third kappa shape index (κ3) is 6.80. The Morgan fingerprint density at radius 2 is 1.83 bits per heavy atom. The molecule has 3 rings (SSSR count). The van der Waals surface area contributed by atoms with Crippen LogP contribution in [-0.2, 0) is 27.2 Å². The summed E-state index contributed by atoms with van der Waals surface area (Å²) in [5, 5.41) is 5.25. The summed E-state index contributed by atoms with van der Waals surface area (Å²) in [4.78, 5) is 40.8. The average Bonchev–Trinajstić information content (AvgIpc) is 2.89. The molecule has 36 heavy (non-hydrogen) atoms. The first-order chi connectivity index (χ1) is 16.9. The van der Waals surface area contributed by atoms with Crippen molar-refractivity contribution in [3.05, 3.63) is 65.2 Å². The summed E-state index contributed by atoms with van der Waals surface area (Å²) in [6, 6.07) is 7.86. The number of rotatable bonds is 6. The Labute approximate surface area is 210 Å². The molecule has 2 aromatic carbocycles. The van der Waals surface area contributed by atoms with Gasteiger partial charge in [0.05, 0.1) is 0 Å². The first-order valence-corrected chi connectivity index (χ1v) is 12.0. The van der Waals surface area contributed by atoms with E-state index in [-0.39, 0.29) is 30.4 Å². The maximum absolute atomic E-state index is 14.4. The normalized spacial score (nSPS) is 16.7. The molecule has 7 nitrogen and oxygen atoms in total. The van der Waals surface area contributed by atoms with Gasteiger partial charge in [0.2, 0.25) is 11.8 Å². The number of amides is 3. The number of halogens is 2. The van der Waals surface area contributed by atoms with Crippen molar-refractivity contribution in [2.45, 2.75) is 77.6 Å². The van der Waals surface area contributed by atoms with Gasteiger partial charge in [-0.25, -0.2) is 13.6 Å². The standard InChI is InChI=1S/C27H33F2N3O4/c1-16(2)32-23-13-11-19(28)14-18(23)10-12-21(25(32)34)30-24(33)22(31-26(35)36-27(3,4)5)15-17-8-6-7-9-20(17)29/h6-9,11,13-14,16,21-22H,10,12,15H2,1-5H3,(H,30,33)(H,31,35)/t21-,22+/m0/s1. The quantitative estimate of drug-likeness (QED) is 0.619. The zero-order valence-corrected chi connectivity index (χ0v) is 21.2. The lowest BCUT2D eigenvalue weighted by Gasteiger charge is -2.30. The van der Waals surface area contributed by atoms with Crippen molar-refractivity contribution in [3.63, 3.8) is 0 Å². The summed E-state index contributed by atoms with van der Waals surface area (Å²) in [5.41, 5.74) is 0.693. The molecule has 0 aromatic heterocycles. The number of hydrogen-bond acceptors (Lipinski definition) is 4. The number of alkyl carbamates (subject to hydrolysis) is 1. The molecular formula is C27H33F2N3O4. The Morgan fingerprint density at radius 3 is 2.47 bits per heavy atom. The van der Waals surface area contributed by atoms with Crippen LogP contribution in [0.15, 0.2) is 42.5 Å². The number of fused-ring (bicyclic) bond motifs is 1. The highest BCUT2D eigenvalue weighted by Gasteiger charge is 2.35. The minimum Gasteiger partial charge on any atom is -0.444 e. The van der Waals surface area contributed by atoms with Crippen LogP contribution in [0.4, 0.5) is 19.3 Å². The maximum atomic E-state index is 14.4. The van der Waals surface area contributed by atoms with E-state index in [4.69, 9.17) is 4.74 Å². The number of aryl methyl sites for hydroxylation is 1. The topological polar surface area (TPSA) is 87.7 Å². The molecule has 0 saturated heterocycles. The van der Waals surface area contributed by atoms with Crippen molar-refractivity contribution in [3.8, 4) is 0 Å². The summed E-state index contributed by atoms with van der Waals surface area (Å²) in [6.07, 6.45) is -0.371. The average molecular weight is 502 g/mol. The Balaban J connectivity index is 1.85. The first-order valence-electron chi connectivity index (χ1n) is 12.0. The van der Waals surface area contributed by atoms with Crippen LogP contribution in [0, 0.1) is 11.6 Å². The largest absolute Gasteiger partial charge is 0.444 e. The van der Waals surface area contributed by atoms with Crippen LogP contribution in [-0.4, -0.2) is 41.6 Å². The van der Waals surface area contributed by atoms with Crippen molar-refractivity contribution in [1.82, 2.24) is 10.6 Å². The Kier molecular flexibility index (Phi) is 8.32. The second kappa shape index (κ2) is 11.1.